The fourth-order valence-corrected chi connectivity index (χ4v) is 1.41. The van der Waals surface area contributed by atoms with Crippen molar-refractivity contribution in [1.82, 2.24) is 5.32 Å². The van der Waals surface area contributed by atoms with Crippen LogP contribution < -0.4 is 5.32 Å². The Balaban J connectivity index is 3.45. The molecule has 0 aliphatic heterocycles. The Morgan fingerprint density at radius 3 is 1.92 bits per heavy atom. The second-order valence-electron chi connectivity index (χ2n) is 4.46. The minimum Gasteiger partial charge on any atom is -0.316 e. The first-order valence-corrected chi connectivity index (χ1v) is 5.28. The predicted octanol–water partition coefficient (Wildman–Crippen LogP) is 2.91. The minimum absolute atomic E-state index is 0.773. The zero-order valence-corrected chi connectivity index (χ0v) is 9.35. The number of hydrogen-bond donors (Lipinski definition) is 1. The van der Waals surface area contributed by atoms with Gasteiger partial charge in [-0.25, -0.2) is 0 Å². The molecule has 0 bridgehead atoms. The van der Waals surface area contributed by atoms with E-state index < -0.39 is 0 Å². The molecule has 0 saturated heterocycles. The van der Waals surface area contributed by atoms with Gasteiger partial charge in [0.2, 0.25) is 0 Å². The predicted molar refractivity (Wildman–Crippen MR) is 56.3 cm³/mol. The van der Waals surface area contributed by atoms with E-state index in [1.807, 2.05) is 0 Å². The highest BCUT2D eigenvalue weighted by molar-refractivity contribution is 4.64. The van der Waals surface area contributed by atoms with Crippen LogP contribution in [-0.4, -0.2) is 13.1 Å². The lowest BCUT2D eigenvalue weighted by Crippen LogP contribution is -2.28. The van der Waals surface area contributed by atoms with Crippen molar-refractivity contribution in [1.29, 1.82) is 0 Å². The molecule has 74 valence electrons. The van der Waals surface area contributed by atoms with Gasteiger partial charge in [0.25, 0.3) is 0 Å². The van der Waals surface area contributed by atoms with Crippen molar-refractivity contribution >= 4 is 0 Å². The van der Waals surface area contributed by atoms with E-state index in [1.54, 1.807) is 0 Å². The maximum Gasteiger partial charge on any atom is -0.00181 e. The summed E-state index contributed by atoms with van der Waals surface area (Å²) < 4.78 is 0. The van der Waals surface area contributed by atoms with E-state index in [4.69, 9.17) is 0 Å². The van der Waals surface area contributed by atoms with Gasteiger partial charge in [0.05, 0.1) is 0 Å². The van der Waals surface area contributed by atoms with E-state index in [2.05, 4.69) is 39.9 Å². The maximum absolute atomic E-state index is 3.52. The molecule has 0 amide bonds. The van der Waals surface area contributed by atoms with Gasteiger partial charge >= 0.3 is 0 Å². The summed E-state index contributed by atoms with van der Waals surface area (Å²) in [6.07, 6.45) is 1.29. The van der Waals surface area contributed by atoms with Crippen LogP contribution in [0.3, 0.4) is 0 Å². The largest absolute Gasteiger partial charge is 0.316 e. The van der Waals surface area contributed by atoms with Crippen molar-refractivity contribution in [2.45, 2.75) is 41.0 Å². The van der Waals surface area contributed by atoms with Crippen LogP contribution in [-0.2, 0) is 0 Å². The SMILES string of the molecule is CCC(CNCC(C)C)C(C)C. The second-order valence-corrected chi connectivity index (χ2v) is 4.46. The summed E-state index contributed by atoms with van der Waals surface area (Å²) in [4.78, 5) is 0. The molecule has 12 heavy (non-hydrogen) atoms. The van der Waals surface area contributed by atoms with Crippen LogP contribution in [0, 0.1) is 17.8 Å². The van der Waals surface area contributed by atoms with Crippen molar-refractivity contribution < 1.29 is 0 Å². The van der Waals surface area contributed by atoms with Gasteiger partial charge in [0.15, 0.2) is 0 Å². The van der Waals surface area contributed by atoms with E-state index in [9.17, 15) is 0 Å². The van der Waals surface area contributed by atoms with Gasteiger partial charge in [-0.15, -0.1) is 0 Å². The molecule has 0 radical (unpaired) electrons. The van der Waals surface area contributed by atoms with E-state index in [1.165, 1.54) is 13.0 Å². The minimum atomic E-state index is 0.773. The zero-order valence-electron chi connectivity index (χ0n) is 9.35. The number of nitrogens with one attached hydrogen (secondary N) is 1. The molecule has 0 aromatic heterocycles. The molecule has 0 aromatic carbocycles. The lowest BCUT2D eigenvalue weighted by atomic mass is 9.93. The summed E-state index contributed by atoms with van der Waals surface area (Å²) in [5, 5.41) is 3.52. The Labute approximate surface area is 77.9 Å². The summed E-state index contributed by atoms with van der Waals surface area (Å²) in [6, 6.07) is 0. The molecule has 0 spiro atoms. The van der Waals surface area contributed by atoms with E-state index >= 15 is 0 Å². The monoisotopic (exact) mass is 171 g/mol. The van der Waals surface area contributed by atoms with Gasteiger partial charge in [-0.3, -0.25) is 0 Å². The summed E-state index contributed by atoms with van der Waals surface area (Å²) in [5.41, 5.74) is 0. The van der Waals surface area contributed by atoms with Crippen molar-refractivity contribution in [3.63, 3.8) is 0 Å². The van der Waals surface area contributed by atoms with Gasteiger partial charge in [0.1, 0.15) is 0 Å². The molecule has 0 heterocycles. The van der Waals surface area contributed by atoms with Crippen LogP contribution in [0.4, 0.5) is 0 Å². The lowest BCUT2D eigenvalue weighted by molar-refractivity contribution is 0.345. The maximum atomic E-state index is 3.52. The molecular weight excluding hydrogens is 146 g/mol. The third-order valence-corrected chi connectivity index (χ3v) is 2.43. The Hall–Kier alpha value is -0.0400. The normalized spacial score (nSPS) is 14.2. The van der Waals surface area contributed by atoms with E-state index in [-0.39, 0.29) is 0 Å². The third kappa shape index (κ3) is 5.59. The van der Waals surface area contributed by atoms with Gasteiger partial charge < -0.3 is 5.32 Å². The molecule has 1 atom stereocenters. The summed E-state index contributed by atoms with van der Waals surface area (Å²) in [5.74, 6) is 2.44. The summed E-state index contributed by atoms with van der Waals surface area (Å²) in [7, 11) is 0. The third-order valence-electron chi connectivity index (χ3n) is 2.43. The highest BCUT2D eigenvalue weighted by Crippen LogP contribution is 2.13. The van der Waals surface area contributed by atoms with Crippen LogP contribution in [0.2, 0.25) is 0 Å². The van der Waals surface area contributed by atoms with Crippen molar-refractivity contribution in [2.24, 2.45) is 17.8 Å². The topological polar surface area (TPSA) is 12.0 Å². The second kappa shape index (κ2) is 6.47. The van der Waals surface area contributed by atoms with Crippen LogP contribution in [0.25, 0.3) is 0 Å². The highest BCUT2D eigenvalue weighted by atomic mass is 14.9. The molecular formula is C11H25N. The lowest BCUT2D eigenvalue weighted by Gasteiger charge is -2.20. The van der Waals surface area contributed by atoms with Gasteiger partial charge in [-0.1, -0.05) is 41.0 Å². The zero-order chi connectivity index (χ0) is 9.56. The first-order valence-electron chi connectivity index (χ1n) is 5.28. The van der Waals surface area contributed by atoms with Crippen LogP contribution >= 0.6 is 0 Å². The number of rotatable bonds is 6. The molecule has 0 rings (SSSR count). The Bertz CT molecular complexity index is 97.2. The van der Waals surface area contributed by atoms with Gasteiger partial charge in [0, 0.05) is 0 Å². The number of hydrogen-bond acceptors (Lipinski definition) is 1. The molecule has 0 fully saturated rings. The first-order chi connectivity index (χ1) is 5.57. The first kappa shape index (κ1) is 12.0. The standard InChI is InChI=1S/C11H25N/c1-6-11(10(4)5)8-12-7-9(2)3/h9-12H,6-8H2,1-5H3. The smallest absolute Gasteiger partial charge is 0.00181 e. The molecule has 1 unspecified atom stereocenters. The quantitative estimate of drug-likeness (QED) is 0.648. The van der Waals surface area contributed by atoms with E-state index in [0.29, 0.717) is 0 Å². The highest BCUT2D eigenvalue weighted by Gasteiger charge is 2.09. The van der Waals surface area contributed by atoms with Gasteiger partial charge in [-0.2, -0.15) is 0 Å². The van der Waals surface area contributed by atoms with Crippen LogP contribution in [0.15, 0.2) is 0 Å². The Kier molecular flexibility index (Phi) is 6.45. The molecule has 0 aliphatic carbocycles. The molecule has 1 heteroatoms. The molecule has 1 nitrogen and oxygen atoms in total. The average molecular weight is 171 g/mol. The Morgan fingerprint density at radius 2 is 1.58 bits per heavy atom. The summed E-state index contributed by atoms with van der Waals surface area (Å²) >= 11 is 0. The van der Waals surface area contributed by atoms with E-state index in [0.717, 1.165) is 24.3 Å². The molecule has 0 saturated carbocycles. The van der Waals surface area contributed by atoms with Crippen LogP contribution in [0.1, 0.15) is 41.0 Å². The molecule has 1 N–H and O–H groups in total. The summed E-state index contributed by atoms with van der Waals surface area (Å²) in [6.45, 7) is 13.8. The van der Waals surface area contributed by atoms with Crippen LogP contribution in [0.5, 0.6) is 0 Å². The molecule has 0 aromatic rings. The van der Waals surface area contributed by atoms with Gasteiger partial charge in [-0.05, 0) is 30.8 Å². The van der Waals surface area contributed by atoms with Crippen molar-refractivity contribution in [3.05, 3.63) is 0 Å². The fourth-order valence-electron chi connectivity index (χ4n) is 1.41. The Morgan fingerprint density at radius 1 is 1.00 bits per heavy atom. The van der Waals surface area contributed by atoms with Crippen molar-refractivity contribution in [2.75, 3.05) is 13.1 Å². The molecule has 0 aliphatic rings. The fraction of sp³-hybridized carbons (Fsp3) is 1.00. The van der Waals surface area contributed by atoms with Crippen molar-refractivity contribution in [3.8, 4) is 0 Å². The average Bonchev–Trinajstić information content (AvgIpc) is 1.96.